The van der Waals surface area contributed by atoms with Gasteiger partial charge in [-0.2, -0.15) is 0 Å². The van der Waals surface area contributed by atoms with E-state index in [-0.39, 0.29) is 5.76 Å². The molecule has 1 aromatic heterocycles. The van der Waals surface area contributed by atoms with Crippen LogP contribution in [-0.4, -0.2) is 26.5 Å². The van der Waals surface area contributed by atoms with E-state index in [2.05, 4.69) is 5.32 Å². The first-order valence-electron chi connectivity index (χ1n) is 5.83. The zero-order valence-corrected chi connectivity index (χ0v) is 10.5. The van der Waals surface area contributed by atoms with Crippen LogP contribution in [0.15, 0.2) is 34.7 Å². The minimum atomic E-state index is -0.408. The number of nitrogens with one attached hydrogen (secondary N) is 1. The summed E-state index contributed by atoms with van der Waals surface area (Å²) in [5, 5.41) is 3.07. The van der Waals surface area contributed by atoms with Crippen LogP contribution >= 0.6 is 0 Å². The monoisotopic (exact) mass is 263 g/mol. The van der Waals surface area contributed by atoms with Crippen LogP contribution in [0.5, 0.6) is 0 Å². The third kappa shape index (κ3) is 3.00. The van der Waals surface area contributed by atoms with E-state index >= 15 is 0 Å². The highest BCUT2D eigenvalue weighted by molar-refractivity contribution is 5.78. The average molecular weight is 263 g/mol. The number of furan rings is 1. The minimum absolute atomic E-state index is 0.168. The maximum atomic E-state index is 13.9. The molecule has 0 spiro atoms. The van der Waals surface area contributed by atoms with Crippen LogP contribution in [0.2, 0.25) is 0 Å². The van der Waals surface area contributed by atoms with Crippen molar-refractivity contribution in [3.05, 3.63) is 41.9 Å². The summed E-state index contributed by atoms with van der Waals surface area (Å²) in [6, 6.07) is 7.78. The molecule has 5 heteroatoms. The Bertz CT molecular complexity index is 566. The lowest BCUT2D eigenvalue weighted by Crippen LogP contribution is -2.08. The second kappa shape index (κ2) is 6.15. The van der Waals surface area contributed by atoms with Gasteiger partial charge >= 0.3 is 0 Å². The Balaban J connectivity index is 2.34. The smallest absolute Gasteiger partial charge is 0.185 e. The van der Waals surface area contributed by atoms with Crippen molar-refractivity contribution in [1.29, 1.82) is 0 Å². The fourth-order valence-electron chi connectivity index (χ4n) is 1.76. The Morgan fingerprint density at radius 3 is 2.89 bits per heavy atom. The summed E-state index contributed by atoms with van der Waals surface area (Å²) in [5.41, 5.74) is 0.913. The van der Waals surface area contributed by atoms with Gasteiger partial charge in [-0.15, -0.1) is 0 Å². The maximum Gasteiger partial charge on any atom is 0.185 e. The lowest BCUT2D eigenvalue weighted by atomic mass is 10.1. The average Bonchev–Trinajstić information content (AvgIpc) is 2.87. The molecule has 1 heterocycles. The molecule has 0 fully saturated rings. The second-order valence-electron chi connectivity index (χ2n) is 3.90. The van der Waals surface area contributed by atoms with Gasteiger partial charge < -0.3 is 14.5 Å². The lowest BCUT2D eigenvalue weighted by Gasteiger charge is -2.10. The summed E-state index contributed by atoms with van der Waals surface area (Å²) in [4.78, 5) is 10.6. The molecule has 19 heavy (non-hydrogen) atoms. The number of ether oxygens (including phenoxy) is 1. The zero-order valence-electron chi connectivity index (χ0n) is 10.5. The van der Waals surface area contributed by atoms with E-state index in [1.165, 1.54) is 12.1 Å². The number of aldehydes is 1. The molecule has 0 aliphatic rings. The van der Waals surface area contributed by atoms with Crippen molar-refractivity contribution in [1.82, 2.24) is 0 Å². The first-order valence-corrected chi connectivity index (χ1v) is 5.83. The number of rotatable bonds is 6. The number of hydrogen-bond acceptors (Lipinski definition) is 4. The Morgan fingerprint density at radius 2 is 2.21 bits per heavy atom. The topological polar surface area (TPSA) is 51.5 Å². The molecular formula is C14H14FNO3. The minimum Gasteiger partial charge on any atom is -0.453 e. The van der Waals surface area contributed by atoms with Gasteiger partial charge in [0.2, 0.25) is 0 Å². The first kappa shape index (κ1) is 13.3. The van der Waals surface area contributed by atoms with Crippen molar-refractivity contribution < 1.29 is 18.3 Å². The van der Waals surface area contributed by atoms with Crippen LogP contribution in [-0.2, 0) is 4.74 Å². The van der Waals surface area contributed by atoms with E-state index < -0.39 is 5.82 Å². The van der Waals surface area contributed by atoms with Crippen LogP contribution in [0, 0.1) is 5.82 Å². The molecule has 4 nitrogen and oxygen atoms in total. The fraction of sp³-hybridized carbons (Fsp3) is 0.214. The van der Waals surface area contributed by atoms with E-state index in [0.29, 0.717) is 36.4 Å². The molecule has 100 valence electrons. The molecule has 0 aliphatic heterocycles. The second-order valence-corrected chi connectivity index (χ2v) is 3.90. The number of hydrogen-bond donors (Lipinski definition) is 1. The first-order chi connectivity index (χ1) is 9.26. The van der Waals surface area contributed by atoms with Gasteiger partial charge in [-0.3, -0.25) is 4.79 Å². The Hall–Kier alpha value is -2.14. The highest BCUT2D eigenvalue weighted by atomic mass is 19.1. The molecular weight excluding hydrogens is 249 g/mol. The molecule has 2 aromatic rings. The molecule has 0 unspecified atom stereocenters. The molecule has 1 aromatic carbocycles. The van der Waals surface area contributed by atoms with Crippen molar-refractivity contribution >= 4 is 12.0 Å². The summed E-state index contributed by atoms with van der Waals surface area (Å²) in [6.45, 7) is 1.06. The Morgan fingerprint density at radius 1 is 1.37 bits per heavy atom. The van der Waals surface area contributed by atoms with Crippen molar-refractivity contribution in [3.8, 4) is 11.3 Å². The van der Waals surface area contributed by atoms with Crippen LogP contribution in [0.1, 0.15) is 10.6 Å². The van der Waals surface area contributed by atoms with Gasteiger partial charge in [0.25, 0.3) is 0 Å². The van der Waals surface area contributed by atoms with Gasteiger partial charge in [0.05, 0.1) is 12.2 Å². The summed E-state index contributed by atoms with van der Waals surface area (Å²) in [6.07, 6.45) is 0.586. The number of carbonyl (C=O) groups is 1. The standard InChI is InChI=1S/C14H14FNO3/c1-18-8-7-16-12-4-2-3-11(15)14(12)13-6-5-10(9-17)19-13/h2-6,9,16H,7-8H2,1H3. The molecule has 0 amide bonds. The summed E-state index contributed by atoms with van der Waals surface area (Å²) >= 11 is 0. The number of anilines is 1. The third-order valence-electron chi connectivity index (χ3n) is 2.62. The molecule has 0 radical (unpaired) electrons. The SMILES string of the molecule is COCCNc1cccc(F)c1-c1ccc(C=O)o1. The van der Waals surface area contributed by atoms with E-state index in [9.17, 15) is 9.18 Å². The van der Waals surface area contributed by atoms with Crippen LogP contribution in [0.25, 0.3) is 11.3 Å². The molecule has 0 saturated heterocycles. The van der Waals surface area contributed by atoms with Gasteiger partial charge in [-0.25, -0.2) is 4.39 Å². The third-order valence-corrected chi connectivity index (χ3v) is 2.62. The van der Waals surface area contributed by atoms with E-state index in [0.717, 1.165) is 0 Å². The largest absolute Gasteiger partial charge is 0.453 e. The number of halogens is 1. The molecule has 0 atom stereocenters. The number of methoxy groups -OCH3 is 1. The zero-order chi connectivity index (χ0) is 13.7. The predicted molar refractivity (Wildman–Crippen MR) is 69.9 cm³/mol. The maximum absolute atomic E-state index is 13.9. The molecule has 0 saturated carbocycles. The van der Waals surface area contributed by atoms with Crippen LogP contribution in [0.4, 0.5) is 10.1 Å². The van der Waals surface area contributed by atoms with E-state index in [1.807, 2.05) is 0 Å². The predicted octanol–water partition coefficient (Wildman–Crippen LogP) is 2.96. The van der Waals surface area contributed by atoms with Gasteiger partial charge in [-0.05, 0) is 24.3 Å². The van der Waals surface area contributed by atoms with E-state index in [1.54, 1.807) is 25.3 Å². The van der Waals surface area contributed by atoms with Gasteiger partial charge in [0, 0.05) is 19.3 Å². The summed E-state index contributed by atoms with van der Waals surface area (Å²) in [5.74, 6) is 0.0791. The van der Waals surface area contributed by atoms with Crippen molar-refractivity contribution in [2.45, 2.75) is 0 Å². The molecule has 0 aliphatic carbocycles. The highest BCUT2D eigenvalue weighted by Crippen LogP contribution is 2.31. The van der Waals surface area contributed by atoms with Crippen LogP contribution in [0.3, 0.4) is 0 Å². The normalized spacial score (nSPS) is 10.4. The highest BCUT2D eigenvalue weighted by Gasteiger charge is 2.14. The van der Waals surface area contributed by atoms with Crippen LogP contribution < -0.4 is 5.32 Å². The number of carbonyl (C=O) groups excluding carboxylic acids is 1. The van der Waals surface area contributed by atoms with Gasteiger partial charge in [-0.1, -0.05) is 6.07 Å². The summed E-state index contributed by atoms with van der Waals surface area (Å²) in [7, 11) is 1.59. The van der Waals surface area contributed by atoms with Crippen molar-refractivity contribution in [2.75, 3.05) is 25.6 Å². The molecule has 1 N–H and O–H groups in total. The van der Waals surface area contributed by atoms with Gasteiger partial charge in [0.15, 0.2) is 12.0 Å². The summed E-state index contributed by atoms with van der Waals surface area (Å²) < 4.78 is 24.1. The Kier molecular flexibility index (Phi) is 4.30. The Labute approximate surface area is 110 Å². The fourth-order valence-corrected chi connectivity index (χ4v) is 1.76. The lowest BCUT2D eigenvalue weighted by molar-refractivity contribution is 0.110. The van der Waals surface area contributed by atoms with Crippen molar-refractivity contribution in [3.63, 3.8) is 0 Å². The molecule has 2 rings (SSSR count). The number of benzene rings is 1. The van der Waals surface area contributed by atoms with Gasteiger partial charge in [0.1, 0.15) is 11.6 Å². The quantitative estimate of drug-likeness (QED) is 0.643. The van der Waals surface area contributed by atoms with Crippen molar-refractivity contribution in [2.24, 2.45) is 0 Å². The molecule has 0 bridgehead atoms. The van der Waals surface area contributed by atoms with E-state index in [4.69, 9.17) is 9.15 Å².